The smallest absolute Gasteiger partial charge is 0.341 e. The van der Waals surface area contributed by atoms with Crippen LogP contribution in [0, 0.1) is 25.7 Å². The molecule has 1 aliphatic carbocycles. The zero-order valence-corrected chi connectivity index (χ0v) is 24.8. The molecule has 1 heterocycles. The molecule has 7 heteroatoms. The number of hydrogen-bond donors (Lipinski definition) is 1. The third-order valence-electron chi connectivity index (χ3n) is 8.92. The highest BCUT2D eigenvalue weighted by molar-refractivity contribution is 5.86. The molecular formula is C34H45NO6. The molecule has 2 aromatic rings. The number of carbonyl (C=O) groups is 3. The van der Waals surface area contributed by atoms with Crippen molar-refractivity contribution in [2.24, 2.45) is 11.8 Å². The molecule has 1 unspecified atom stereocenters. The number of amides is 1. The van der Waals surface area contributed by atoms with E-state index in [0.29, 0.717) is 37.5 Å². The summed E-state index contributed by atoms with van der Waals surface area (Å²) in [4.78, 5) is 40.3. The van der Waals surface area contributed by atoms with Crippen molar-refractivity contribution in [3.63, 3.8) is 0 Å². The first-order valence-corrected chi connectivity index (χ1v) is 15.2. The lowest BCUT2D eigenvalue weighted by Crippen LogP contribution is -2.51. The van der Waals surface area contributed by atoms with Gasteiger partial charge in [0, 0.05) is 12.5 Å². The first-order chi connectivity index (χ1) is 19.7. The third-order valence-corrected chi connectivity index (χ3v) is 8.92. The van der Waals surface area contributed by atoms with E-state index < -0.39 is 24.7 Å². The molecule has 0 spiro atoms. The van der Waals surface area contributed by atoms with Gasteiger partial charge >= 0.3 is 11.9 Å². The van der Waals surface area contributed by atoms with Gasteiger partial charge in [0.05, 0.1) is 0 Å². The van der Waals surface area contributed by atoms with Crippen molar-refractivity contribution >= 4 is 17.8 Å². The first kappa shape index (κ1) is 30.6. The highest BCUT2D eigenvalue weighted by Crippen LogP contribution is 2.34. The van der Waals surface area contributed by atoms with Crippen LogP contribution < -0.4 is 4.74 Å². The largest absolute Gasteiger partial charge is 0.482 e. The van der Waals surface area contributed by atoms with Gasteiger partial charge in [0.25, 0.3) is 0 Å². The second kappa shape index (κ2) is 14.5. The predicted octanol–water partition coefficient (Wildman–Crippen LogP) is 6.58. The summed E-state index contributed by atoms with van der Waals surface area (Å²) in [6.45, 7) is 6.34. The summed E-state index contributed by atoms with van der Waals surface area (Å²) in [7, 11) is 0. The van der Waals surface area contributed by atoms with Crippen LogP contribution in [-0.2, 0) is 25.5 Å². The van der Waals surface area contributed by atoms with Crippen molar-refractivity contribution in [2.75, 3.05) is 13.2 Å². The first-order valence-electron chi connectivity index (χ1n) is 15.2. The van der Waals surface area contributed by atoms with E-state index in [0.717, 1.165) is 36.8 Å². The van der Waals surface area contributed by atoms with E-state index in [9.17, 15) is 14.4 Å². The quantitative estimate of drug-likeness (QED) is 0.311. The number of carboxylic acids is 1. The van der Waals surface area contributed by atoms with E-state index in [1.807, 2.05) is 13.0 Å². The van der Waals surface area contributed by atoms with Crippen LogP contribution >= 0.6 is 0 Å². The van der Waals surface area contributed by atoms with Crippen molar-refractivity contribution in [3.8, 4) is 5.75 Å². The number of hydrogen-bond acceptors (Lipinski definition) is 5. The average Bonchev–Trinajstić information content (AvgIpc) is 2.99. The van der Waals surface area contributed by atoms with Crippen LogP contribution in [0.5, 0.6) is 5.75 Å². The van der Waals surface area contributed by atoms with Crippen LogP contribution in [0.2, 0.25) is 0 Å². The van der Waals surface area contributed by atoms with Crippen LogP contribution in [-0.4, -0.2) is 47.0 Å². The lowest BCUT2D eigenvalue weighted by Gasteiger charge is -2.38. The van der Waals surface area contributed by atoms with E-state index in [4.69, 9.17) is 14.6 Å². The Hall–Kier alpha value is -3.35. The van der Waals surface area contributed by atoms with Crippen molar-refractivity contribution < 1.29 is 29.0 Å². The fraction of sp³-hybridized carbons (Fsp3) is 0.559. The Balaban J connectivity index is 1.52. The minimum atomic E-state index is -1.06. The number of nitrogens with zero attached hydrogens (tertiary/aromatic N) is 1. The van der Waals surface area contributed by atoms with Gasteiger partial charge in [-0.25, -0.2) is 9.59 Å². The number of carboxylic acid groups (broad SMARTS) is 1. The standard InChI is InChI=1S/C34H45NO6/c1-23-15-16-26(20-24(23)2)17-18-31(28-12-9-13-29(21-28)40-22-32(36)37)41-34(39)30-14-7-8-19-35(30)33(38)25(3)27-10-5-4-6-11-27/h9,12-13,15-16,20-21,25,27,30-31H,4-8,10-11,14,17-19,22H2,1-3H3,(H,36,37)/t25-,30+,31?/m1/s1. The van der Waals surface area contributed by atoms with Crippen LogP contribution in [0.25, 0.3) is 0 Å². The number of likely N-dealkylation sites (tertiary alicyclic amines) is 1. The molecule has 4 rings (SSSR count). The van der Waals surface area contributed by atoms with Gasteiger partial charge in [0.1, 0.15) is 17.9 Å². The maximum atomic E-state index is 13.8. The maximum Gasteiger partial charge on any atom is 0.341 e. The predicted molar refractivity (Wildman–Crippen MR) is 158 cm³/mol. The maximum absolute atomic E-state index is 13.8. The van der Waals surface area contributed by atoms with Gasteiger partial charge in [-0.1, -0.05) is 56.5 Å². The SMILES string of the molecule is Cc1ccc(CCC(OC(=O)[C@@H]2CCCCN2C(=O)[C@H](C)C2CCCCC2)c2cccc(OCC(=O)O)c2)cc1C. The molecular weight excluding hydrogens is 518 g/mol. The summed E-state index contributed by atoms with van der Waals surface area (Å²) < 4.78 is 11.6. The Kier molecular flexibility index (Phi) is 10.8. The second-order valence-electron chi connectivity index (χ2n) is 11.9. The molecule has 3 atom stereocenters. The van der Waals surface area contributed by atoms with Crippen LogP contribution in [0.15, 0.2) is 42.5 Å². The number of benzene rings is 2. The molecule has 2 fully saturated rings. The van der Waals surface area contributed by atoms with Crippen LogP contribution in [0.1, 0.15) is 93.1 Å². The van der Waals surface area contributed by atoms with Gasteiger partial charge in [0.2, 0.25) is 5.91 Å². The Labute approximate surface area is 244 Å². The molecule has 41 heavy (non-hydrogen) atoms. The third kappa shape index (κ3) is 8.34. The second-order valence-corrected chi connectivity index (χ2v) is 11.9. The zero-order valence-electron chi connectivity index (χ0n) is 24.8. The molecule has 1 amide bonds. The fourth-order valence-corrected chi connectivity index (χ4v) is 6.26. The van der Waals surface area contributed by atoms with Crippen molar-refractivity contribution in [3.05, 3.63) is 64.7 Å². The van der Waals surface area contributed by atoms with Gasteiger partial charge in [-0.3, -0.25) is 4.79 Å². The monoisotopic (exact) mass is 563 g/mol. The molecule has 7 nitrogen and oxygen atoms in total. The highest BCUT2D eigenvalue weighted by Gasteiger charge is 2.38. The summed E-state index contributed by atoms with van der Waals surface area (Å²) in [5, 5.41) is 9.03. The molecule has 1 aliphatic heterocycles. The van der Waals surface area contributed by atoms with E-state index in [-0.39, 0.29) is 17.8 Å². The molecule has 1 saturated carbocycles. The average molecular weight is 564 g/mol. The number of carbonyl (C=O) groups excluding carboxylic acids is 2. The number of aryl methyl sites for hydroxylation is 3. The van der Waals surface area contributed by atoms with Crippen LogP contribution in [0.3, 0.4) is 0 Å². The normalized spacial score (nSPS) is 19.3. The fourth-order valence-electron chi connectivity index (χ4n) is 6.26. The minimum absolute atomic E-state index is 0.0781. The Morgan fingerprint density at radius 2 is 1.71 bits per heavy atom. The van der Waals surface area contributed by atoms with Gasteiger partial charge in [-0.05, 0) is 99.1 Å². The van der Waals surface area contributed by atoms with E-state index in [1.165, 1.54) is 30.4 Å². The zero-order chi connectivity index (χ0) is 29.4. The van der Waals surface area contributed by atoms with Gasteiger partial charge in [-0.2, -0.15) is 0 Å². The molecule has 0 radical (unpaired) electrons. The molecule has 1 N–H and O–H groups in total. The molecule has 0 bridgehead atoms. The molecule has 222 valence electrons. The van der Waals surface area contributed by atoms with E-state index in [1.54, 1.807) is 23.1 Å². The summed E-state index contributed by atoms with van der Waals surface area (Å²) in [5.41, 5.74) is 4.34. The van der Waals surface area contributed by atoms with Gasteiger partial charge in [0.15, 0.2) is 6.61 Å². The Bertz CT molecular complexity index is 1200. The minimum Gasteiger partial charge on any atom is -0.482 e. The van der Waals surface area contributed by atoms with Gasteiger partial charge < -0.3 is 19.5 Å². The van der Waals surface area contributed by atoms with Crippen LogP contribution in [0.4, 0.5) is 0 Å². The highest BCUT2D eigenvalue weighted by atomic mass is 16.5. The number of rotatable bonds is 11. The topological polar surface area (TPSA) is 93.1 Å². The van der Waals surface area contributed by atoms with Crippen molar-refractivity contribution in [1.29, 1.82) is 0 Å². The summed E-state index contributed by atoms with van der Waals surface area (Å²) in [5.74, 6) is -0.642. The lowest BCUT2D eigenvalue weighted by atomic mass is 9.80. The summed E-state index contributed by atoms with van der Waals surface area (Å²) in [6, 6.07) is 12.9. The van der Waals surface area contributed by atoms with E-state index in [2.05, 4.69) is 32.0 Å². The summed E-state index contributed by atoms with van der Waals surface area (Å²) >= 11 is 0. The number of esters is 1. The van der Waals surface area contributed by atoms with Crippen molar-refractivity contribution in [2.45, 2.75) is 97.1 Å². The summed E-state index contributed by atoms with van der Waals surface area (Å²) in [6.07, 6.45) is 8.81. The number of piperidine rings is 1. The van der Waals surface area contributed by atoms with Crippen molar-refractivity contribution in [1.82, 2.24) is 4.90 Å². The number of aliphatic carboxylic acids is 1. The Morgan fingerprint density at radius 1 is 0.951 bits per heavy atom. The molecule has 0 aromatic heterocycles. The lowest BCUT2D eigenvalue weighted by molar-refractivity contribution is -0.163. The molecule has 2 aliphatic rings. The van der Waals surface area contributed by atoms with E-state index >= 15 is 0 Å². The number of ether oxygens (including phenoxy) is 2. The Morgan fingerprint density at radius 3 is 2.44 bits per heavy atom. The van der Waals surface area contributed by atoms with Gasteiger partial charge in [-0.15, -0.1) is 0 Å². The molecule has 1 saturated heterocycles. The molecule has 2 aromatic carbocycles.